The average molecular weight is 360 g/mol. The number of fused-ring (bicyclic) bond motifs is 1. The first-order valence-electron chi connectivity index (χ1n) is 8.91. The lowest BCUT2D eigenvalue weighted by Crippen LogP contribution is -2.19. The smallest absolute Gasteiger partial charge is 0.233 e. The lowest BCUT2D eigenvalue weighted by Gasteiger charge is -2.11. The van der Waals surface area contributed by atoms with Crippen molar-refractivity contribution in [3.8, 4) is 5.75 Å². The highest BCUT2D eigenvalue weighted by molar-refractivity contribution is 6.08. The lowest BCUT2D eigenvalue weighted by molar-refractivity contribution is -0.117. The maximum Gasteiger partial charge on any atom is 0.233 e. The fourth-order valence-corrected chi connectivity index (χ4v) is 3.55. The number of carbonyl (C=O) groups is 2. The maximum atomic E-state index is 12.8. The number of amides is 1. The van der Waals surface area contributed by atoms with Gasteiger partial charge in [0.1, 0.15) is 5.75 Å². The molecular formula is C22H20N2O3. The second-order valence-electron chi connectivity index (χ2n) is 6.55. The van der Waals surface area contributed by atoms with Crippen LogP contribution in [0.1, 0.15) is 34.1 Å². The van der Waals surface area contributed by atoms with Crippen LogP contribution >= 0.6 is 0 Å². The molecule has 136 valence electrons. The molecule has 1 unspecified atom stereocenters. The van der Waals surface area contributed by atoms with E-state index in [0.717, 1.165) is 17.1 Å². The Bertz CT molecular complexity index is 975. The molecular weight excluding hydrogens is 340 g/mol. The molecule has 1 amide bonds. The zero-order valence-corrected chi connectivity index (χ0v) is 15.0. The number of nitrogens with one attached hydrogen (secondary N) is 1. The van der Waals surface area contributed by atoms with Crippen molar-refractivity contribution in [2.75, 3.05) is 12.4 Å². The van der Waals surface area contributed by atoms with E-state index in [1.165, 1.54) is 0 Å². The van der Waals surface area contributed by atoms with Gasteiger partial charge in [-0.15, -0.1) is 0 Å². The molecule has 1 aliphatic rings. The first-order chi connectivity index (χ1) is 13.2. The molecule has 5 nitrogen and oxygen atoms in total. The summed E-state index contributed by atoms with van der Waals surface area (Å²) in [5.41, 5.74) is 2.91. The Balaban J connectivity index is 1.53. The van der Waals surface area contributed by atoms with Gasteiger partial charge in [0.25, 0.3) is 0 Å². The van der Waals surface area contributed by atoms with Crippen LogP contribution < -0.4 is 10.1 Å². The summed E-state index contributed by atoms with van der Waals surface area (Å²) in [5.74, 6) is 0.407. The van der Waals surface area contributed by atoms with E-state index in [1.807, 2.05) is 71.3 Å². The molecule has 1 aliphatic heterocycles. The highest BCUT2D eigenvalue weighted by Crippen LogP contribution is 2.32. The summed E-state index contributed by atoms with van der Waals surface area (Å²) in [6.45, 7) is 0.664. The molecule has 4 rings (SSSR count). The quantitative estimate of drug-likeness (QED) is 0.703. The predicted octanol–water partition coefficient (Wildman–Crippen LogP) is 3.85. The van der Waals surface area contributed by atoms with Crippen molar-refractivity contribution in [1.29, 1.82) is 0 Å². The van der Waals surface area contributed by atoms with Crippen molar-refractivity contribution in [2.45, 2.75) is 18.9 Å². The molecule has 2 heterocycles. The van der Waals surface area contributed by atoms with E-state index in [4.69, 9.17) is 4.74 Å². The zero-order chi connectivity index (χ0) is 18.8. The number of ether oxygens (including phenoxy) is 1. The van der Waals surface area contributed by atoms with Crippen LogP contribution in [0.3, 0.4) is 0 Å². The third-order valence-electron chi connectivity index (χ3n) is 4.96. The number of rotatable bonds is 5. The fraction of sp³-hybridized carbons (Fsp3) is 0.182. The summed E-state index contributed by atoms with van der Waals surface area (Å²) in [6.07, 6.45) is 0.688. The summed E-state index contributed by atoms with van der Waals surface area (Å²) in [4.78, 5) is 25.5. The molecule has 0 spiro atoms. The van der Waals surface area contributed by atoms with Gasteiger partial charge in [0.2, 0.25) is 11.7 Å². The molecule has 1 N–H and O–H groups in total. The van der Waals surface area contributed by atoms with E-state index in [1.54, 1.807) is 7.11 Å². The molecule has 1 aromatic heterocycles. The van der Waals surface area contributed by atoms with Crippen molar-refractivity contribution in [3.05, 3.63) is 83.7 Å². The number of benzene rings is 2. The highest BCUT2D eigenvalue weighted by Gasteiger charge is 2.32. The molecule has 0 saturated heterocycles. The van der Waals surface area contributed by atoms with Crippen LogP contribution in [0.4, 0.5) is 5.69 Å². The Morgan fingerprint density at radius 1 is 1.00 bits per heavy atom. The van der Waals surface area contributed by atoms with E-state index in [2.05, 4.69) is 5.32 Å². The minimum absolute atomic E-state index is 0.0157. The second-order valence-corrected chi connectivity index (χ2v) is 6.55. The highest BCUT2D eigenvalue weighted by atomic mass is 16.5. The van der Waals surface area contributed by atoms with Gasteiger partial charge < -0.3 is 14.6 Å². The number of hydrogen-bond acceptors (Lipinski definition) is 3. The molecule has 0 bridgehead atoms. The van der Waals surface area contributed by atoms with Gasteiger partial charge in [0.05, 0.1) is 18.7 Å². The minimum atomic E-state index is -0.260. The van der Waals surface area contributed by atoms with Crippen LogP contribution in [0.15, 0.2) is 66.7 Å². The van der Waals surface area contributed by atoms with Crippen molar-refractivity contribution >= 4 is 17.4 Å². The molecule has 0 aliphatic carbocycles. The molecule has 0 radical (unpaired) electrons. The van der Waals surface area contributed by atoms with Gasteiger partial charge in [-0.2, -0.15) is 0 Å². The first kappa shape index (κ1) is 17.1. The zero-order valence-electron chi connectivity index (χ0n) is 15.0. The van der Waals surface area contributed by atoms with E-state index in [9.17, 15) is 9.59 Å². The van der Waals surface area contributed by atoms with Crippen molar-refractivity contribution < 1.29 is 14.3 Å². The third kappa shape index (κ3) is 3.24. The van der Waals surface area contributed by atoms with Crippen molar-refractivity contribution in [1.82, 2.24) is 4.57 Å². The molecule has 2 aromatic carbocycles. The maximum absolute atomic E-state index is 12.8. The van der Waals surface area contributed by atoms with Gasteiger partial charge in [-0.1, -0.05) is 30.3 Å². The minimum Gasteiger partial charge on any atom is -0.497 e. The number of carbonyl (C=O) groups excluding carboxylic acids is 2. The Hall–Kier alpha value is -3.34. The Labute approximate surface area is 157 Å². The normalized spacial score (nSPS) is 15.2. The fourth-order valence-electron chi connectivity index (χ4n) is 3.55. The van der Waals surface area contributed by atoms with Crippen LogP contribution in [-0.2, 0) is 11.3 Å². The van der Waals surface area contributed by atoms with Crippen LogP contribution in [0.25, 0.3) is 0 Å². The summed E-state index contributed by atoms with van der Waals surface area (Å²) in [6, 6.07) is 20.2. The number of nitrogens with zero attached hydrogens (tertiary/aromatic N) is 1. The van der Waals surface area contributed by atoms with Crippen LogP contribution in [0.5, 0.6) is 5.75 Å². The number of anilines is 1. The van der Waals surface area contributed by atoms with Crippen LogP contribution in [0.2, 0.25) is 0 Å². The largest absolute Gasteiger partial charge is 0.497 e. The molecule has 0 fully saturated rings. The summed E-state index contributed by atoms with van der Waals surface area (Å²) in [7, 11) is 1.61. The number of hydrogen-bond donors (Lipinski definition) is 1. The Kier molecular flexibility index (Phi) is 4.50. The van der Waals surface area contributed by atoms with Crippen molar-refractivity contribution in [3.63, 3.8) is 0 Å². The Morgan fingerprint density at radius 3 is 2.44 bits per heavy atom. The molecule has 27 heavy (non-hydrogen) atoms. The van der Waals surface area contributed by atoms with Gasteiger partial charge >= 0.3 is 0 Å². The van der Waals surface area contributed by atoms with Gasteiger partial charge in [-0.25, -0.2) is 0 Å². The third-order valence-corrected chi connectivity index (χ3v) is 4.96. The molecule has 1 atom stereocenters. The second kappa shape index (κ2) is 7.11. The van der Waals surface area contributed by atoms with Crippen LogP contribution in [-0.4, -0.2) is 23.4 Å². The SMILES string of the molecule is COc1ccc(NC(=O)C2CCn3c(C(=O)c4ccccc4)ccc32)cc1. The first-order valence-corrected chi connectivity index (χ1v) is 8.91. The van der Waals surface area contributed by atoms with Crippen LogP contribution in [0, 0.1) is 0 Å². The van der Waals surface area contributed by atoms with Crippen molar-refractivity contribution in [2.24, 2.45) is 0 Å². The summed E-state index contributed by atoms with van der Waals surface area (Å²) >= 11 is 0. The van der Waals surface area contributed by atoms with E-state index in [-0.39, 0.29) is 17.6 Å². The predicted molar refractivity (Wildman–Crippen MR) is 103 cm³/mol. The van der Waals surface area contributed by atoms with Gasteiger partial charge in [0.15, 0.2) is 0 Å². The van der Waals surface area contributed by atoms with Gasteiger partial charge in [-0.3, -0.25) is 9.59 Å². The number of ketones is 1. The van der Waals surface area contributed by atoms with Gasteiger partial charge in [0, 0.05) is 23.5 Å². The van der Waals surface area contributed by atoms with Gasteiger partial charge in [-0.05, 0) is 42.8 Å². The number of aromatic nitrogens is 1. The summed E-state index contributed by atoms with van der Waals surface area (Å²) < 4.78 is 7.10. The molecule has 5 heteroatoms. The van der Waals surface area contributed by atoms with E-state index in [0.29, 0.717) is 24.2 Å². The summed E-state index contributed by atoms with van der Waals surface area (Å²) in [5, 5.41) is 2.95. The number of methoxy groups -OCH3 is 1. The average Bonchev–Trinajstić information content (AvgIpc) is 3.31. The molecule has 0 saturated carbocycles. The van der Waals surface area contributed by atoms with E-state index < -0.39 is 0 Å². The lowest BCUT2D eigenvalue weighted by atomic mass is 10.0. The standard InChI is InChI=1S/C22H20N2O3/c1-27-17-9-7-16(8-10-17)23-22(26)18-13-14-24-19(18)11-12-20(24)21(25)15-5-3-2-4-6-15/h2-12,18H,13-14H2,1H3,(H,23,26). The van der Waals surface area contributed by atoms with E-state index >= 15 is 0 Å². The Morgan fingerprint density at radius 2 is 1.74 bits per heavy atom. The topological polar surface area (TPSA) is 60.3 Å². The monoisotopic (exact) mass is 360 g/mol. The molecule has 3 aromatic rings.